The molecule has 4 aromatic rings. The summed E-state index contributed by atoms with van der Waals surface area (Å²) in [4.78, 5) is 27.3. The highest BCUT2D eigenvalue weighted by atomic mass is 35.5. The SMILES string of the molecule is COC(=O)c1ccc2ccn(CCN(Cc3ccc(Cl)cc3)c3ccc(OC)cc3)c(=O)c2c1. The zero-order chi connectivity index (χ0) is 24.1. The fraction of sp³-hybridized carbons (Fsp3) is 0.185. The Morgan fingerprint density at radius 3 is 2.38 bits per heavy atom. The molecule has 0 aliphatic heterocycles. The van der Waals surface area contributed by atoms with Crippen LogP contribution in [0.15, 0.2) is 83.8 Å². The van der Waals surface area contributed by atoms with Crippen LogP contribution in [0.25, 0.3) is 10.8 Å². The summed E-state index contributed by atoms with van der Waals surface area (Å²) in [7, 11) is 2.96. The van der Waals surface area contributed by atoms with Crippen molar-refractivity contribution >= 4 is 34.0 Å². The van der Waals surface area contributed by atoms with Crippen LogP contribution in [-0.2, 0) is 17.8 Å². The summed E-state index contributed by atoms with van der Waals surface area (Å²) in [6, 6.07) is 22.5. The average molecular weight is 477 g/mol. The number of fused-ring (bicyclic) bond motifs is 1. The van der Waals surface area contributed by atoms with Crippen molar-refractivity contribution in [3.8, 4) is 5.75 Å². The van der Waals surface area contributed by atoms with Gasteiger partial charge in [0.1, 0.15) is 5.75 Å². The number of hydrogen-bond acceptors (Lipinski definition) is 5. The number of methoxy groups -OCH3 is 2. The predicted molar refractivity (Wildman–Crippen MR) is 135 cm³/mol. The van der Waals surface area contributed by atoms with E-state index in [0.717, 1.165) is 22.4 Å². The lowest BCUT2D eigenvalue weighted by Crippen LogP contribution is -2.30. The Hall–Kier alpha value is -3.77. The zero-order valence-electron chi connectivity index (χ0n) is 19.0. The maximum absolute atomic E-state index is 13.2. The Balaban J connectivity index is 1.61. The first-order chi connectivity index (χ1) is 16.5. The number of carbonyl (C=O) groups is 1. The highest BCUT2D eigenvalue weighted by Crippen LogP contribution is 2.22. The predicted octanol–water partition coefficient (Wildman–Crippen LogP) is 5.16. The van der Waals surface area contributed by atoms with E-state index >= 15 is 0 Å². The second-order valence-corrected chi connectivity index (χ2v) is 8.29. The summed E-state index contributed by atoms with van der Waals surface area (Å²) in [5.74, 6) is 0.313. The van der Waals surface area contributed by atoms with Gasteiger partial charge in [0, 0.05) is 41.9 Å². The molecular formula is C27H25ClN2O4. The average Bonchev–Trinajstić information content (AvgIpc) is 2.88. The van der Waals surface area contributed by atoms with Crippen LogP contribution in [0.3, 0.4) is 0 Å². The molecule has 0 fully saturated rings. The minimum Gasteiger partial charge on any atom is -0.497 e. The fourth-order valence-electron chi connectivity index (χ4n) is 3.83. The van der Waals surface area contributed by atoms with Gasteiger partial charge in [0.25, 0.3) is 5.56 Å². The van der Waals surface area contributed by atoms with Crippen molar-refractivity contribution in [2.24, 2.45) is 0 Å². The third kappa shape index (κ3) is 5.24. The van der Waals surface area contributed by atoms with Gasteiger partial charge < -0.3 is 18.9 Å². The number of nitrogens with zero attached hydrogens (tertiary/aromatic N) is 2. The van der Waals surface area contributed by atoms with E-state index in [2.05, 4.69) is 4.90 Å². The molecule has 0 radical (unpaired) electrons. The highest BCUT2D eigenvalue weighted by molar-refractivity contribution is 6.30. The smallest absolute Gasteiger partial charge is 0.337 e. The first kappa shape index (κ1) is 23.4. The molecule has 174 valence electrons. The molecule has 0 bridgehead atoms. The summed E-state index contributed by atoms with van der Waals surface area (Å²) >= 11 is 6.05. The first-order valence-corrected chi connectivity index (χ1v) is 11.2. The monoisotopic (exact) mass is 476 g/mol. The van der Waals surface area contributed by atoms with Gasteiger partial charge >= 0.3 is 5.97 Å². The number of benzene rings is 3. The molecule has 34 heavy (non-hydrogen) atoms. The Labute approximate surface area is 202 Å². The molecule has 4 rings (SSSR count). The van der Waals surface area contributed by atoms with Gasteiger partial charge in [0.05, 0.1) is 19.8 Å². The van der Waals surface area contributed by atoms with Crippen molar-refractivity contribution in [1.29, 1.82) is 0 Å². The summed E-state index contributed by atoms with van der Waals surface area (Å²) in [5.41, 5.74) is 2.32. The minimum atomic E-state index is -0.467. The Kier molecular flexibility index (Phi) is 7.18. The standard InChI is InChI=1S/C27H25ClN2O4/c1-33-24-11-9-23(10-12-24)30(18-19-3-7-22(28)8-4-19)16-15-29-14-13-20-5-6-21(27(32)34-2)17-25(20)26(29)31/h3-14,17H,15-16,18H2,1-2H3. The van der Waals surface area contributed by atoms with Crippen LogP contribution in [0.2, 0.25) is 5.02 Å². The van der Waals surface area contributed by atoms with Gasteiger partial charge in [-0.3, -0.25) is 4.79 Å². The number of pyridine rings is 1. The molecule has 0 amide bonds. The second-order valence-electron chi connectivity index (χ2n) is 7.85. The van der Waals surface area contributed by atoms with Crippen LogP contribution in [-0.4, -0.2) is 31.3 Å². The molecule has 7 heteroatoms. The Morgan fingerprint density at radius 1 is 0.971 bits per heavy atom. The van der Waals surface area contributed by atoms with E-state index in [0.29, 0.717) is 35.6 Å². The summed E-state index contributed by atoms with van der Waals surface area (Å²) < 4.78 is 11.7. The molecule has 1 heterocycles. The highest BCUT2D eigenvalue weighted by Gasteiger charge is 2.12. The van der Waals surface area contributed by atoms with Gasteiger partial charge in [-0.25, -0.2) is 4.79 Å². The van der Waals surface area contributed by atoms with Crippen molar-refractivity contribution in [3.63, 3.8) is 0 Å². The molecule has 3 aromatic carbocycles. The van der Waals surface area contributed by atoms with E-state index in [1.165, 1.54) is 7.11 Å². The number of esters is 1. The van der Waals surface area contributed by atoms with E-state index in [-0.39, 0.29) is 5.56 Å². The molecule has 0 saturated carbocycles. The van der Waals surface area contributed by atoms with Crippen molar-refractivity contribution in [2.45, 2.75) is 13.1 Å². The normalized spacial score (nSPS) is 10.8. The Morgan fingerprint density at radius 2 is 1.71 bits per heavy atom. The van der Waals surface area contributed by atoms with E-state index in [1.807, 2.05) is 54.6 Å². The lowest BCUT2D eigenvalue weighted by Gasteiger charge is -2.26. The summed E-state index contributed by atoms with van der Waals surface area (Å²) in [5, 5.41) is 1.95. The fourth-order valence-corrected chi connectivity index (χ4v) is 3.96. The van der Waals surface area contributed by atoms with E-state index in [9.17, 15) is 9.59 Å². The molecule has 0 atom stereocenters. The molecule has 0 aliphatic carbocycles. The minimum absolute atomic E-state index is 0.149. The van der Waals surface area contributed by atoms with Crippen LogP contribution >= 0.6 is 11.6 Å². The number of ether oxygens (including phenoxy) is 2. The largest absolute Gasteiger partial charge is 0.497 e. The number of anilines is 1. The molecule has 0 spiro atoms. The lowest BCUT2D eigenvalue weighted by atomic mass is 10.1. The second kappa shape index (κ2) is 10.4. The zero-order valence-corrected chi connectivity index (χ0v) is 19.8. The number of hydrogen-bond donors (Lipinski definition) is 0. The van der Waals surface area contributed by atoms with Crippen LogP contribution in [0.5, 0.6) is 5.75 Å². The first-order valence-electron chi connectivity index (χ1n) is 10.8. The molecule has 6 nitrogen and oxygen atoms in total. The van der Waals surface area contributed by atoms with Crippen molar-refractivity contribution in [2.75, 3.05) is 25.7 Å². The maximum Gasteiger partial charge on any atom is 0.337 e. The van der Waals surface area contributed by atoms with Crippen molar-refractivity contribution in [3.05, 3.63) is 105 Å². The molecule has 1 aromatic heterocycles. The third-order valence-electron chi connectivity index (χ3n) is 5.73. The number of rotatable bonds is 8. The van der Waals surface area contributed by atoms with E-state index in [4.69, 9.17) is 21.1 Å². The van der Waals surface area contributed by atoms with Crippen molar-refractivity contribution < 1.29 is 14.3 Å². The molecule has 0 saturated heterocycles. The topological polar surface area (TPSA) is 60.8 Å². The third-order valence-corrected chi connectivity index (χ3v) is 5.99. The van der Waals surface area contributed by atoms with E-state index in [1.54, 1.807) is 36.1 Å². The van der Waals surface area contributed by atoms with Gasteiger partial charge in [0.15, 0.2) is 0 Å². The van der Waals surface area contributed by atoms with E-state index < -0.39 is 5.97 Å². The number of halogens is 1. The lowest BCUT2D eigenvalue weighted by molar-refractivity contribution is 0.0601. The number of aromatic nitrogens is 1. The van der Waals surface area contributed by atoms with Gasteiger partial charge in [-0.1, -0.05) is 29.8 Å². The molecule has 0 unspecified atom stereocenters. The summed E-state index contributed by atoms with van der Waals surface area (Å²) in [6.45, 7) is 1.71. The van der Waals surface area contributed by atoms with Gasteiger partial charge in [-0.15, -0.1) is 0 Å². The quantitative estimate of drug-likeness (QED) is 0.329. The maximum atomic E-state index is 13.2. The van der Waals surface area contributed by atoms with Crippen LogP contribution in [0.1, 0.15) is 15.9 Å². The number of carbonyl (C=O) groups excluding carboxylic acids is 1. The molecule has 0 aliphatic rings. The molecule has 0 N–H and O–H groups in total. The molecular weight excluding hydrogens is 452 g/mol. The summed E-state index contributed by atoms with van der Waals surface area (Å²) in [6.07, 6.45) is 1.79. The Bertz CT molecular complexity index is 1350. The van der Waals surface area contributed by atoms with Crippen molar-refractivity contribution in [1.82, 2.24) is 4.57 Å². The van der Waals surface area contributed by atoms with Gasteiger partial charge in [-0.05, 0) is 65.5 Å². The van der Waals surface area contributed by atoms with Gasteiger partial charge in [-0.2, -0.15) is 0 Å². The van der Waals surface area contributed by atoms with Crippen LogP contribution in [0, 0.1) is 0 Å². The van der Waals surface area contributed by atoms with Crippen LogP contribution < -0.4 is 15.2 Å². The van der Waals surface area contributed by atoms with Crippen LogP contribution in [0.4, 0.5) is 5.69 Å². The van der Waals surface area contributed by atoms with Gasteiger partial charge in [0.2, 0.25) is 0 Å².